The normalized spacial score (nSPS) is 21.3. The van der Waals surface area contributed by atoms with Crippen LogP contribution in [-0.2, 0) is 6.54 Å². The maximum atomic E-state index is 6.08. The molecule has 3 aromatic rings. The number of benzene rings is 1. The highest BCUT2D eigenvalue weighted by Gasteiger charge is 2.21. The van der Waals surface area contributed by atoms with E-state index in [4.69, 9.17) is 15.7 Å². The van der Waals surface area contributed by atoms with Crippen molar-refractivity contribution in [3.8, 4) is 0 Å². The SMILES string of the molecule is NC1CCC(Nc2nc(NCc3cccc(I)c3)c3ncn(C4=CCCC4)c3n2)CC1. The number of nitrogens with zero attached hydrogens (tertiary/aromatic N) is 4. The molecule has 5 rings (SSSR count). The molecule has 0 saturated heterocycles. The molecule has 7 nitrogen and oxygen atoms in total. The van der Waals surface area contributed by atoms with Crippen molar-refractivity contribution >= 4 is 51.2 Å². The Kier molecular flexibility index (Phi) is 6.08. The summed E-state index contributed by atoms with van der Waals surface area (Å²) in [6.07, 6.45) is 11.7. The molecule has 0 atom stereocenters. The summed E-state index contributed by atoms with van der Waals surface area (Å²) in [6, 6.07) is 9.17. The number of hydrogen-bond acceptors (Lipinski definition) is 6. The summed E-state index contributed by atoms with van der Waals surface area (Å²) < 4.78 is 3.35. The fourth-order valence-corrected chi connectivity index (χ4v) is 5.06. The molecular weight excluding hydrogens is 501 g/mol. The van der Waals surface area contributed by atoms with Gasteiger partial charge in [0.05, 0.1) is 0 Å². The van der Waals surface area contributed by atoms with Crippen molar-refractivity contribution in [1.29, 1.82) is 0 Å². The standard InChI is InChI=1S/C23H28IN7/c24-16-5-3-4-15(12-16)13-26-21-20-22(31(14-27-20)19-6-1-2-7-19)30-23(29-21)28-18-10-8-17(25)9-11-18/h3-6,12,14,17-18H,1-2,7-11,13,25H2,(H2,26,28,29,30). The van der Waals surface area contributed by atoms with Gasteiger partial charge in [0, 0.05) is 27.9 Å². The maximum absolute atomic E-state index is 6.08. The first kappa shape index (κ1) is 20.7. The number of halogens is 1. The summed E-state index contributed by atoms with van der Waals surface area (Å²) in [6.45, 7) is 0.691. The number of nitrogens with one attached hydrogen (secondary N) is 2. The van der Waals surface area contributed by atoms with Gasteiger partial charge in [0.2, 0.25) is 5.95 Å². The molecule has 0 aliphatic heterocycles. The lowest BCUT2D eigenvalue weighted by Gasteiger charge is -2.26. The van der Waals surface area contributed by atoms with Crippen LogP contribution in [0.4, 0.5) is 11.8 Å². The first-order valence-corrected chi connectivity index (χ1v) is 12.2. The Morgan fingerprint density at radius 3 is 2.81 bits per heavy atom. The average molecular weight is 529 g/mol. The van der Waals surface area contributed by atoms with E-state index in [0.717, 1.165) is 55.5 Å². The number of fused-ring (bicyclic) bond motifs is 1. The first-order chi connectivity index (χ1) is 15.2. The topological polar surface area (TPSA) is 93.7 Å². The number of imidazole rings is 1. The predicted octanol–water partition coefficient (Wildman–Crippen LogP) is 4.75. The van der Waals surface area contributed by atoms with Crippen LogP contribution in [0, 0.1) is 3.57 Å². The van der Waals surface area contributed by atoms with Crippen molar-refractivity contribution in [2.75, 3.05) is 10.6 Å². The van der Waals surface area contributed by atoms with Gasteiger partial charge in [-0.15, -0.1) is 0 Å². The monoisotopic (exact) mass is 529 g/mol. The van der Waals surface area contributed by atoms with Gasteiger partial charge < -0.3 is 16.4 Å². The third kappa shape index (κ3) is 4.69. The molecule has 0 unspecified atom stereocenters. The van der Waals surface area contributed by atoms with Crippen LogP contribution < -0.4 is 16.4 Å². The smallest absolute Gasteiger partial charge is 0.227 e. The van der Waals surface area contributed by atoms with Crippen LogP contribution >= 0.6 is 22.6 Å². The fourth-order valence-electron chi connectivity index (χ4n) is 4.45. The summed E-state index contributed by atoms with van der Waals surface area (Å²) in [5, 5.41) is 7.08. The molecule has 2 aliphatic carbocycles. The van der Waals surface area contributed by atoms with Crippen LogP contribution in [0.1, 0.15) is 50.5 Å². The molecule has 1 fully saturated rings. The Labute approximate surface area is 196 Å². The molecule has 0 bridgehead atoms. The molecule has 31 heavy (non-hydrogen) atoms. The molecule has 0 radical (unpaired) electrons. The highest BCUT2D eigenvalue weighted by Crippen LogP contribution is 2.29. The highest BCUT2D eigenvalue weighted by atomic mass is 127. The quantitative estimate of drug-likeness (QED) is 0.399. The number of aromatic nitrogens is 4. The van der Waals surface area contributed by atoms with Gasteiger partial charge in [-0.2, -0.15) is 9.97 Å². The van der Waals surface area contributed by atoms with Gasteiger partial charge in [-0.05, 0) is 85.2 Å². The van der Waals surface area contributed by atoms with Crippen molar-refractivity contribution in [2.45, 2.75) is 63.6 Å². The zero-order chi connectivity index (χ0) is 21.2. The summed E-state index contributed by atoms with van der Waals surface area (Å²) in [5.74, 6) is 1.44. The molecule has 8 heteroatoms. The van der Waals surface area contributed by atoms with Crippen molar-refractivity contribution in [2.24, 2.45) is 5.73 Å². The lowest BCUT2D eigenvalue weighted by Crippen LogP contribution is -2.33. The molecule has 0 amide bonds. The van der Waals surface area contributed by atoms with E-state index in [1.54, 1.807) is 0 Å². The van der Waals surface area contributed by atoms with Crippen LogP contribution in [0.15, 0.2) is 36.7 Å². The Balaban J connectivity index is 1.46. The Morgan fingerprint density at radius 1 is 1.16 bits per heavy atom. The minimum Gasteiger partial charge on any atom is -0.364 e. The van der Waals surface area contributed by atoms with Crippen molar-refractivity contribution in [3.05, 3.63) is 45.8 Å². The van der Waals surface area contributed by atoms with Gasteiger partial charge in [0.1, 0.15) is 6.33 Å². The van der Waals surface area contributed by atoms with Crippen LogP contribution in [-0.4, -0.2) is 31.6 Å². The van der Waals surface area contributed by atoms with Crippen LogP contribution in [0.3, 0.4) is 0 Å². The summed E-state index contributed by atoms with van der Waals surface area (Å²) in [4.78, 5) is 14.4. The fraction of sp³-hybridized carbons (Fsp3) is 0.435. The number of rotatable bonds is 6. The molecule has 4 N–H and O–H groups in total. The van der Waals surface area contributed by atoms with E-state index in [2.05, 4.69) is 73.1 Å². The van der Waals surface area contributed by atoms with E-state index in [0.29, 0.717) is 24.6 Å². The van der Waals surface area contributed by atoms with Crippen LogP contribution in [0.2, 0.25) is 0 Å². The Hall–Kier alpha value is -2.20. The molecule has 1 saturated carbocycles. The molecule has 2 heterocycles. The number of nitrogens with two attached hydrogens (primary N) is 1. The average Bonchev–Trinajstić information content (AvgIpc) is 3.43. The molecule has 0 spiro atoms. The summed E-state index contributed by atoms with van der Waals surface area (Å²) >= 11 is 2.34. The van der Waals surface area contributed by atoms with Crippen LogP contribution in [0.25, 0.3) is 16.9 Å². The van der Waals surface area contributed by atoms with Gasteiger partial charge in [0.15, 0.2) is 17.0 Å². The Bertz CT molecular complexity index is 1100. The van der Waals surface area contributed by atoms with E-state index in [-0.39, 0.29) is 0 Å². The van der Waals surface area contributed by atoms with Crippen LogP contribution in [0.5, 0.6) is 0 Å². The summed E-state index contributed by atoms with van der Waals surface area (Å²) in [5.41, 5.74) is 10.3. The third-order valence-electron chi connectivity index (χ3n) is 6.18. The molecule has 162 valence electrons. The minimum atomic E-state index is 0.322. The van der Waals surface area contributed by atoms with Gasteiger partial charge in [-0.25, -0.2) is 4.98 Å². The number of hydrogen-bond donors (Lipinski definition) is 3. The van der Waals surface area contributed by atoms with Crippen molar-refractivity contribution in [1.82, 2.24) is 19.5 Å². The predicted molar refractivity (Wildman–Crippen MR) is 134 cm³/mol. The number of allylic oxidation sites excluding steroid dienone is 2. The zero-order valence-corrected chi connectivity index (χ0v) is 19.7. The summed E-state index contributed by atoms with van der Waals surface area (Å²) in [7, 11) is 0. The second-order valence-corrected chi connectivity index (χ2v) is 9.76. The maximum Gasteiger partial charge on any atom is 0.227 e. The molecular formula is C23H28IN7. The van der Waals surface area contributed by atoms with Gasteiger partial charge in [-0.1, -0.05) is 18.2 Å². The first-order valence-electron chi connectivity index (χ1n) is 11.1. The third-order valence-corrected chi connectivity index (χ3v) is 6.85. The van der Waals surface area contributed by atoms with E-state index >= 15 is 0 Å². The van der Waals surface area contributed by atoms with Crippen molar-refractivity contribution in [3.63, 3.8) is 0 Å². The molecule has 2 aliphatic rings. The lowest BCUT2D eigenvalue weighted by molar-refractivity contribution is 0.410. The van der Waals surface area contributed by atoms with Crippen molar-refractivity contribution < 1.29 is 0 Å². The number of anilines is 2. The van der Waals surface area contributed by atoms with Gasteiger partial charge in [-0.3, -0.25) is 4.57 Å². The highest BCUT2D eigenvalue weighted by molar-refractivity contribution is 14.1. The van der Waals surface area contributed by atoms with Gasteiger partial charge >= 0.3 is 0 Å². The van der Waals surface area contributed by atoms with E-state index in [9.17, 15) is 0 Å². The lowest BCUT2D eigenvalue weighted by atomic mass is 9.92. The van der Waals surface area contributed by atoms with E-state index < -0.39 is 0 Å². The zero-order valence-electron chi connectivity index (χ0n) is 17.5. The van der Waals surface area contributed by atoms with Gasteiger partial charge in [0.25, 0.3) is 0 Å². The second kappa shape index (κ2) is 9.12. The minimum absolute atomic E-state index is 0.322. The second-order valence-electron chi connectivity index (χ2n) is 8.51. The van der Waals surface area contributed by atoms with E-state index in [1.807, 2.05) is 6.33 Å². The van der Waals surface area contributed by atoms with E-state index in [1.165, 1.54) is 21.3 Å². The Morgan fingerprint density at radius 2 is 2.03 bits per heavy atom. The molecule has 1 aromatic carbocycles. The molecule has 2 aromatic heterocycles. The largest absolute Gasteiger partial charge is 0.364 e.